The maximum atomic E-state index is 13.1. The average Bonchev–Trinajstić information content (AvgIpc) is 3.18. The number of carbonyl (C=O) groups is 1. The quantitative estimate of drug-likeness (QED) is 0.811. The number of hydrogen-bond donors (Lipinski definition) is 1. The smallest absolute Gasteiger partial charge is 0.243 e. The van der Waals surface area contributed by atoms with Gasteiger partial charge < -0.3 is 10.2 Å². The number of nitrogens with one attached hydrogen (secondary N) is 1. The average molecular weight is 420 g/mol. The molecule has 2 saturated heterocycles. The third kappa shape index (κ3) is 4.37. The van der Waals surface area contributed by atoms with Crippen molar-refractivity contribution in [1.29, 1.82) is 0 Å². The summed E-state index contributed by atoms with van der Waals surface area (Å²) >= 11 is 0. The first-order valence-electron chi connectivity index (χ1n) is 11.0. The van der Waals surface area contributed by atoms with Gasteiger partial charge in [0, 0.05) is 31.6 Å². The molecule has 2 fully saturated rings. The summed E-state index contributed by atoms with van der Waals surface area (Å²) in [7, 11) is -1.36. The summed E-state index contributed by atoms with van der Waals surface area (Å²) in [4.78, 5) is 15.5. The minimum Gasteiger partial charge on any atom is -0.353 e. The molecule has 0 radical (unpaired) electrons. The second-order valence-corrected chi connectivity index (χ2v) is 11.0. The molecule has 2 atom stereocenters. The van der Waals surface area contributed by atoms with Gasteiger partial charge in [-0.2, -0.15) is 4.31 Å². The predicted octanol–water partition coefficient (Wildman–Crippen LogP) is 2.03. The highest BCUT2D eigenvalue weighted by molar-refractivity contribution is 7.89. The Labute approximate surface area is 174 Å². The molecule has 3 aliphatic rings. The first-order valence-corrected chi connectivity index (χ1v) is 12.4. The van der Waals surface area contributed by atoms with Gasteiger partial charge in [-0.25, -0.2) is 8.42 Å². The van der Waals surface area contributed by atoms with E-state index in [9.17, 15) is 13.2 Å². The van der Waals surface area contributed by atoms with Gasteiger partial charge in [0.1, 0.15) is 0 Å². The van der Waals surface area contributed by atoms with E-state index in [0.29, 0.717) is 36.7 Å². The summed E-state index contributed by atoms with van der Waals surface area (Å²) in [5.41, 5.74) is 2.45. The molecule has 0 unspecified atom stereocenters. The standard InChI is InChI=1S/C22H33N3O3S/c1-16-15-24(2)11-10-21(16)23-22(26)18-8-12-25(13-9-18)29(27,28)20-7-6-17-4-3-5-19(17)14-20/h6-7,14,16,18,21H,3-5,8-13,15H2,1-2H3,(H,23,26)/t16-,21-/m1/s1. The number of aryl methyl sites for hydroxylation is 2. The Morgan fingerprint density at radius 2 is 1.79 bits per heavy atom. The minimum absolute atomic E-state index is 0.0895. The number of amides is 1. The molecule has 4 rings (SSSR count). The highest BCUT2D eigenvalue weighted by Gasteiger charge is 2.34. The molecule has 2 aliphatic heterocycles. The number of benzene rings is 1. The summed E-state index contributed by atoms with van der Waals surface area (Å²) in [5.74, 6) is 0.451. The van der Waals surface area contributed by atoms with Crippen molar-refractivity contribution in [2.75, 3.05) is 33.2 Å². The van der Waals surface area contributed by atoms with Crippen LogP contribution in [-0.4, -0.2) is 62.8 Å². The van der Waals surface area contributed by atoms with Crippen molar-refractivity contribution in [2.24, 2.45) is 11.8 Å². The van der Waals surface area contributed by atoms with Gasteiger partial charge >= 0.3 is 0 Å². The molecular weight excluding hydrogens is 386 g/mol. The molecule has 2 heterocycles. The minimum atomic E-state index is -3.48. The molecule has 1 aromatic carbocycles. The van der Waals surface area contributed by atoms with Gasteiger partial charge in [0.25, 0.3) is 0 Å². The maximum Gasteiger partial charge on any atom is 0.243 e. The molecule has 0 spiro atoms. The summed E-state index contributed by atoms with van der Waals surface area (Å²) < 4.78 is 27.7. The molecule has 7 heteroatoms. The zero-order valence-corrected chi connectivity index (χ0v) is 18.4. The van der Waals surface area contributed by atoms with Crippen LogP contribution in [0.3, 0.4) is 0 Å². The summed E-state index contributed by atoms with van der Waals surface area (Å²) in [6.45, 7) is 5.03. The third-order valence-corrected chi connectivity index (χ3v) is 8.86. The van der Waals surface area contributed by atoms with Crippen LogP contribution < -0.4 is 5.32 Å². The predicted molar refractivity (Wildman–Crippen MR) is 113 cm³/mol. The first kappa shape index (κ1) is 20.8. The van der Waals surface area contributed by atoms with Gasteiger partial charge in [-0.3, -0.25) is 4.79 Å². The van der Waals surface area contributed by atoms with E-state index in [1.807, 2.05) is 12.1 Å². The monoisotopic (exact) mass is 419 g/mol. The number of nitrogens with zero attached hydrogens (tertiary/aromatic N) is 2. The fourth-order valence-electron chi connectivity index (χ4n) is 5.09. The van der Waals surface area contributed by atoms with Gasteiger partial charge in [-0.05, 0) is 81.3 Å². The summed E-state index contributed by atoms with van der Waals surface area (Å²) in [6.07, 6.45) is 5.29. The number of rotatable bonds is 4. The van der Waals surface area contributed by atoms with E-state index < -0.39 is 10.0 Å². The van der Waals surface area contributed by atoms with Gasteiger partial charge in [0.2, 0.25) is 15.9 Å². The Hall–Kier alpha value is -1.44. The van der Waals surface area contributed by atoms with Crippen LogP contribution in [0.2, 0.25) is 0 Å². The Kier molecular flexibility index (Phi) is 6.00. The van der Waals surface area contributed by atoms with Crippen LogP contribution in [0.1, 0.15) is 43.7 Å². The van der Waals surface area contributed by atoms with Crippen molar-refractivity contribution in [2.45, 2.75) is 56.4 Å². The van der Waals surface area contributed by atoms with Crippen molar-refractivity contribution >= 4 is 15.9 Å². The van der Waals surface area contributed by atoms with Gasteiger partial charge in [-0.15, -0.1) is 0 Å². The molecule has 0 bridgehead atoms. The molecule has 1 amide bonds. The van der Waals surface area contributed by atoms with Crippen LogP contribution in [0.25, 0.3) is 0 Å². The molecule has 0 saturated carbocycles. The van der Waals surface area contributed by atoms with Crippen LogP contribution >= 0.6 is 0 Å². The molecule has 1 N–H and O–H groups in total. The van der Waals surface area contributed by atoms with E-state index in [1.165, 1.54) is 11.1 Å². The fourth-order valence-corrected chi connectivity index (χ4v) is 6.61. The van der Waals surface area contributed by atoms with E-state index in [-0.39, 0.29) is 17.9 Å². The van der Waals surface area contributed by atoms with Crippen LogP contribution in [0, 0.1) is 11.8 Å². The third-order valence-electron chi connectivity index (χ3n) is 6.97. The largest absolute Gasteiger partial charge is 0.353 e. The number of fused-ring (bicyclic) bond motifs is 1. The number of hydrogen-bond acceptors (Lipinski definition) is 4. The lowest BCUT2D eigenvalue weighted by Gasteiger charge is -2.37. The molecule has 1 aromatic rings. The van der Waals surface area contributed by atoms with E-state index in [4.69, 9.17) is 0 Å². The van der Waals surface area contributed by atoms with E-state index in [1.54, 1.807) is 10.4 Å². The van der Waals surface area contributed by atoms with Crippen molar-refractivity contribution in [3.05, 3.63) is 29.3 Å². The van der Waals surface area contributed by atoms with Crippen molar-refractivity contribution in [3.8, 4) is 0 Å². The Balaban J connectivity index is 1.34. The number of likely N-dealkylation sites (tertiary alicyclic amines) is 1. The second-order valence-electron chi connectivity index (χ2n) is 9.11. The highest BCUT2D eigenvalue weighted by atomic mass is 32.2. The molecule has 160 valence electrons. The van der Waals surface area contributed by atoms with Gasteiger partial charge in [0.05, 0.1) is 4.90 Å². The molecule has 1 aliphatic carbocycles. The molecule has 6 nitrogen and oxygen atoms in total. The topological polar surface area (TPSA) is 69.7 Å². The van der Waals surface area contributed by atoms with Crippen LogP contribution in [-0.2, 0) is 27.7 Å². The van der Waals surface area contributed by atoms with E-state index in [0.717, 1.165) is 38.8 Å². The number of carbonyl (C=O) groups excluding carboxylic acids is 1. The van der Waals surface area contributed by atoms with Crippen molar-refractivity contribution < 1.29 is 13.2 Å². The zero-order valence-electron chi connectivity index (χ0n) is 17.6. The zero-order chi connectivity index (χ0) is 20.6. The molecule has 29 heavy (non-hydrogen) atoms. The van der Waals surface area contributed by atoms with Crippen LogP contribution in [0.15, 0.2) is 23.1 Å². The number of piperidine rings is 2. The summed E-state index contributed by atoms with van der Waals surface area (Å²) in [6, 6.07) is 5.81. The van der Waals surface area contributed by atoms with E-state index in [2.05, 4.69) is 24.2 Å². The second kappa shape index (κ2) is 8.36. The van der Waals surface area contributed by atoms with Crippen LogP contribution in [0.4, 0.5) is 0 Å². The molecular formula is C22H33N3O3S. The van der Waals surface area contributed by atoms with Crippen molar-refractivity contribution in [1.82, 2.24) is 14.5 Å². The SMILES string of the molecule is C[C@@H]1CN(C)CC[C@H]1NC(=O)C1CCN(S(=O)(=O)c2ccc3c(c2)CCC3)CC1. The van der Waals surface area contributed by atoms with Gasteiger partial charge in [0.15, 0.2) is 0 Å². The molecule has 0 aromatic heterocycles. The van der Waals surface area contributed by atoms with Gasteiger partial charge in [-0.1, -0.05) is 13.0 Å². The Bertz CT molecular complexity index is 862. The lowest BCUT2D eigenvalue weighted by Crippen LogP contribution is -2.51. The summed E-state index contributed by atoms with van der Waals surface area (Å²) in [5, 5.41) is 3.24. The highest BCUT2D eigenvalue weighted by Crippen LogP contribution is 2.29. The number of sulfonamides is 1. The normalized spacial score (nSPS) is 27.0. The van der Waals surface area contributed by atoms with Crippen LogP contribution in [0.5, 0.6) is 0 Å². The maximum absolute atomic E-state index is 13.1. The lowest BCUT2D eigenvalue weighted by molar-refractivity contribution is -0.127. The first-order chi connectivity index (χ1) is 13.8. The van der Waals surface area contributed by atoms with E-state index >= 15 is 0 Å². The lowest BCUT2D eigenvalue weighted by atomic mass is 9.92. The Morgan fingerprint density at radius 1 is 1.07 bits per heavy atom. The Morgan fingerprint density at radius 3 is 2.52 bits per heavy atom. The fraction of sp³-hybridized carbons (Fsp3) is 0.682. The van der Waals surface area contributed by atoms with Crippen molar-refractivity contribution in [3.63, 3.8) is 0 Å².